The van der Waals surface area contributed by atoms with Crippen LogP contribution in [0.1, 0.15) is 57.0 Å². The molecule has 10 heteroatoms. The summed E-state index contributed by atoms with van der Waals surface area (Å²) >= 11 is 13.3. The van der Waals surface area contributed by atoms with Crippen molar-refractivity contribution < 1.29 is 14.4 Å². The van der Waals surface area contributed by atoms with Crippen molar-refractivity contribution in [1.29, 1.82) is 0 Å². The fourth-order valence-corrected chi connectivity index (χ4v) is 6.05. The Balaban J connectivity index is 0.00000405. The average Bonchev–Trinajstić information content (AvgIpc) is 3.09. The molecule has 2 heterocycles. The first kappa shape index (κ1) is 31.8. The van der Waals surface area contributed by atoms with E-state index in [-0.39, 0.29) is 36.0 Å². The molecule has 1 fully saturated rings. The van der Waals surface area contributed by atoms with Crippen molar-refractivity contribution in [3.8, 4) is 0 Å². The Kier molecular flexibility index (Phi) is 10.5. The Morgan fingerprint density at radius 1 is 0.929 bits per heavy atom. The third-order valence-electron chi connectivity index (χ3n) is 8.00. The molecule has 3 aromatic rings. The number of nitrogens with one attached hydrogen (secondary N) is 1. The number of amides is 3. The van der Waals surface area contributed by atoms with E-state index in [1.165, 1.54) is 0 Å². The predicted molar refractivity (Wildman–Crippen MR) is 171 cm³/mol. The molecule has 5 rings (SSSR count). The van der Waals surface area contributed by atoms with Gasteiger partial charge in [0.2, 0.25) is 5.91 Å². The topological polar surface area (TPSA) is 73.0 Å². The number of halogens is 3. The lowest BCUT2D eigenvalue weighted by atomic mass is 9.90. The zero-order valence-electron chi connectivity index (χ0n) is 23.7. The van der Waals surface area contributed by atoms with E-state index in [1.807, 2.05) is 42.2 Å². The summed E-state index contributed by atoms with van der Waals surface area (Å²) in [6.45, 7) is 5.04. The maximum atomic E-state index is 13.9. The summed E-state index contributed by atoms with van der Waals surface area (Å²) in [6, 6.07) is 19.6. The lowest BCUT2D eigenvalue weighted by Crippen LogP contribution is -2.47. The first-order chi connectivity index (χ1) is 19.7. The van der Waals surface area contributed by atoms with Crippen LogP contribution in [0.4, 0.5) is 11.4 Å². The number of likely N-dealkylation sites (N-methyl/N-ethyl adjacent to an activating group) is 1. The number of piperazine rings is 1. The molecule has 0 aromatic heterocycles. The summed E-state index contributed by atoms with van der Waals surface area (Å²) < 4.78 is 0. The van der Waals surface area contributed by atoms with E-state index < -0.39 is 5.50 Å². The summed E-state index contributed by atoms with van der Waals surface area (Å²) in [5.74, 6) is -0.452. The number of fused-ring (bicyclic) bond motifs is 1. The fraction of sp³-hybridized carbons (Fsp3) is 0.344. The number of benzene rings is 3. The van der Waals surface area contributed by atoms with Gasteiger partial charge in [0.05, 0.1) is 0 Å². The van der Waals surface area contributed by atoms with Crippen molar-refractivity contribution in [2.75, 3.05) is 43.4 Å². The zero-order chi connectivity index (χ0) is 29.1. The Bertz CT molecular complexity index is 1440. The number of aryl methyl sites for hydroxylation is 1. The van der Waals surface area contributed by atoms with Crippen molar-refractivity contribution in [1.82, 2.24) is 9.80 Å². The van der Waals surface area contributed by atoms with E-state index in [0.717, 1.165) is 24.2 Å². The summed E-state index contributed by atoms with van der Waals surface area (Å²) in [5, 5.41) is 3.45. The van der Waals surface area contributed by atoms with Gasteiger partial charge in [-0.05, 0) is 92.4 Å². The molecule has 0 bridgehead atoms. The van der Waals surface area contributed by atoms with Crippen LogP contribution in [0.15, 0.2) is 66.7 Å². The zero-order valence-corrected chi connectivity index (χ0v) is 26.0. The number of hydrogen-bond donors (Lipinski definition) is 1. The van der Waals surface area contributed by atoms with Gasteiger partial charge in [-0.2, -0.15) is 0 Å². The van der Waals surface area contributed by atoms with Gasteiger partial charge in [-0.3, -0.25) is 19.3 Å². The third-order valence-corrected chi connectivity index (χ3v) is 8.65. The van der Waals surface area contributed by atoms with Crippen LogP contribution in [0.2, 0.25) is 5.02 Å². The van der Waals surface area contributed by atoms with Gasteiger partial charge in [0, 0.05) is 60.1 Å². The van der Waals surface area contributed by atoms with Crippen LogP contribution in [0.5, 0.6) is 0 Å². The molecule has 0 saturated carbocycles. The molecule has 0 spiro atoms. The van der Waals surface area contributed by atoms with Crippen LogP contribution < -0.4 is 10.2 Å². The van der Waals surface area contributed by atoms with Crippen molar-refractivity contribution >= 4 is 64.7 Å². The monoisotopic (exact) mass is 628 g/mol. The molecule has 222 valence electrons. The number of rotatable bonds is 5. The van der Waals surface area contributed by atoms with Gasteiger partial charge >= 0.3 is 0 Å². The van der Waals surface area contributed by atoms with Crippen LogP contribution >= 0.6 is 35.6 Å². The summed E-state index contributed by atoms with van der Waals surface area (Å²) in [6.07, 6.45) is 1.54. The molecule has 7 nitrogen and oxygen atoms in total. The molecule has 0 radical (unpaired) electrons. The van der Waals surface area contributed by atoms with Crippen molar-refractivity contribution in [3.05, 3.63) is 94.0 Å². The highest BCUT2D eigenvalue weighted by Gasteiger charge is 2.34. The summed E-state index contributed by atoms with van der Waals surface area (Å²) in [4.78, 5) is 45.6. The first-order valence-corrected chi connectivity index (χ1v) is 14.7. The van der Waals surface area contributed by atoms with Gasteiger partial charge < -0.3 is 15.1 Å². The molecule has 42 heavy (non-hydrogen) atoms. The number of nitrogens with zero attached hydrogens (tertiary/aromatic N) is 3. The smallest absolute Gasteiger partial charge is 0.259 e. The highest BCUT2D eigenvalue weighted by atomic mass is 35.5. The Labute approximate surface area is 263 Å². The van der Waals surface area contributed by atoms with Gasteiger partial charge in [-0.1, -0.05) is 41.4 Å². The van der Waals surface area contributed by atoms with E-state index in [9.17, 15) is 14.4 Å². The van der Waals surface area contributed by atoms with Crippen molar-refractivity contribution in [3.63, 3.8) is 0 Å². The van der Waals surface area contributed by atoms with Crippen LogP contribution in [0.25, 0.3) is 0 Å². The van der Waals surface area contributed by atoms with Crippen molar-refractivity contribution in [2.24, 2.45) is 0 Å². The Morgan fingerprint density at radius 2 is 1.62 bits per heavy atom. The lowest BCUT2D eigenvalue weighted by Gasteiger charge is -2.33. The second-order valence-corrected chi connectivity index (χ2v) is 11.8. The lowest BCUT2D eigenvalue weighted by molar-refractivity contribution is -0.133. The second kappa shape index (κ2) is 13.9. The van der Waals surface area contributed by atoms with Crippen LogP contribution in [-0.4, -0.2) is 66.2 Å². The van der Waals surface area contributed by atoms with Crippen LogP contribution in [0.3, 0.4) is 0 Å². The molecule has 3 aromatic carbocycles. The molecule has 2 atom stereocenters. The molecule has 2 aliphatic heterocycles. The SMILES string of the molecule is Cc1ccccc1C(=O)Nc1ccc(C(=O)N2c3ccc(Cl)cc3C(CC(=O)N3CCN(C)CC3)CCC2Cl)cc1.Cl. The highest BCUT2D eigenvalue weighted by Crippen LogP contribution is 2.42. The molecule has 1 saturated heterocycles. The summed E-state index contributed by atoms with van der Waals surface area (Å²) in [7, 11) is 2.06. The standard InChI is InChI=1S/C32H34Cl2N4O3.ClH/c1-21-5-3-4-6-26(21)31(40)35-25-11-7-22(8-12-25)32(41)38-28-13-10-24(33)20-27(28)23(9-14-29(38)34)19-30(39)37-17-15-36(2)16-18-37;/h3-8,10-13,20,23,29H,9,14-19H2,1-2H3,(H,35,40);1H. The van der Waals surface area contributed by atoms with Gasteiger partial charge in [0.15, 0.2) is 0 Å². The summed E-state index contributed by atoms with van der Waals surface area (Å²) in [5.41, 5.74) is 3.45. The van der Waals surface area contributed by atoms with Gasteiger partial charge in [0.1, 0.15) is 5.50 Å². The normalized spacial score (nSPS) is 18.9. The van der Waals surface area contributed by atoms with E-state index >= 15 is 0 Å². The van der Waals surface area contributed by atoms with E-state index in [4.69, 9.17) is 23.2 Å². The fourth-order valence-electron chi connectivity index (χ4n) is 5.55. The predicted octanol–water partition coefficient (Wildman–Crippen LogP) is 6.58. The quantitative estimate of drug-likeness (QED) is 0.256. The number of carbonyl (C=O) groups excluding carboxylic acids is 3. The Morgan fingerprint density at radius 3 is 2.31 bits per heavy atom. The number of anilines is 2. The second-order valence-electron chi connectivity index (χ2n) is 10.8. The maximum Gasteiger partial charge on any atom is 0.259 e. The Hall–Kier alpha value is -3.10. The van der Waals surface area contributed by atoms with E-state index in [2.05, 4.69) is 17.3 Å². The van der Waals surface area contributed by atoms with Crippen molar-refractivity contribution in [2.45, 2.75) is 37.6 Å². The van der Waals surface area contributed by atoms with Gasteiger partial charge in [-0.15, -0.1) is 12.4 Å². The number of alkyl halides is 1. The molecular weight excluding hydrogens is 595 g/mol. The minimum absolute atomic E-state index is 0. The van der Waals surface area contributed by atoms with Gasteiger partial charge in [-0.25, -0.2) is 0 Å². The largest absolute Gasteiger partial charge is 0.340 e. The molecular formula is C32H35Cl3N4O3. The molecule has 1 N–H and O–H groups in total. The van der Waals surface area contributed by atoms with E-state index in [0.29, 0.717) is 59.9 Å². The molecule has 0 aliphatic carbocycles. The highest BCUT2D eigenvalue weighted by molar-refractivity contribution is 6.31. The number of carbonyl (C=O) groups is 3. The molecule has 3 amide bonds. The molecule has 2 unspecified atom stereocenters. The molecule has 2 aliphatic rings. The van der Waals surface area contributed by atoms with Crippen LogP contribution in [0, 0.1) is 6.92 Å². The number of hydrogen-bond acceptors (Lipinski definition) is 4. The minimum atomic E-state index is -0.591. The first-order valence-electron chi connectivity index (χ1n) is 13.9. The minimum Gasteiger partial charge on any atom is -0.340 e. The third kappa shape index (κ3) is 7.09. The van der Waals surface area contributed by atoms with Crippen LogP contribution in [-0.2, 0) is 4.79 Å². The average molecular weight is 630 g/mol. The maximum absolute atomic E-state index is 13.9. The van der Waals surface area contributed by atoms with E-state index in [1.54, 1.807) is 41.3 Å². The van der Waals surface area contributed by atoms with Gasteiger partial charge in [0.25, 0.3) is 11.8 Å².